The number of hydrogen-bond acceptors (Lipinski definition) is 4. The van der Waals surface area contributed by atoms with Crippen LogP contribution in [0.15, 0.2) is 0 Å². The van der Waals surface area contributed by atoms with Gasteiger partial charge in [-0.1, -0.05) is 20.8 Å². The summed E-state index contributed by atoms with van der Waals surface area (Å²) in [6.07, 6.45) is 9.14. The molecule has 0 aliphatic heterocycles. The van der Waals surface area contributed by atoms with Crippen LogP contribution in [0, 0.1) is 46.3 Å². The van der Waals surface area contributed by atoms with Gasteiger partial charge in [0, 0.05) is 13.0 Å². The van der Waals surface area contributed by atoms with Crippen molar-refractivity contribution in [1.29, 1.82) is 0 Å². The third kappa shape index (κ3) is 4.47. The summed E-state index contributed by atoms with van der Waals surface area (Å²) >= 11 is 0. The highest BCUT2D eigenvalue weighted by Crippen LogP contribution is 2.68. The van der Waals surface area contributed by atoms with Gasteiger partial charge in [0.05, 0.1) is 24.4 Å². The zero-order chi connectivity index (χ0) is 24.8. The van der Waals surface area contributed by atoms with Crippen molar-refractivity contribution in [3.63, 3.8) is 0 Å². The van der Waals surface area contributed by atoms with Crippen LogP contribution in [0.5, 0.6) is 0 Å². The zero-order valence-electron chi connectivity index (χ0n) is 22.5. The molecule has 4 saturated carbocycles. The summed E-state index contributed by atoms with van der Waals surface area (Å²) in [5.74, 6) is 2.02. The number of aliphatic hydroxyl groups excluding tert-OH is 1. The lowest BCUT2D eigenvalue weighted by Gasteiger charge is -2.64. The molecule has 11 unspecified atom stereocenters. The highest BCUT2D eigenvalue weighted by atomic mass is 16.5. The summed E-state index contributed by atoms with van der Waals surface area (Å²) in [6.45, 7) is 14.2. The van der Waals surface area contributed by atoms with E-state index in [1.165, 1.54) is 6.42 Å². The lowest BCUT2D eigenvalue weighted by Crippen LogP contribution is -2.62. The molecule has 0 aromatic carbocycles. The van der Waals surface area contributed by atoms with Crippen molar-refractivity contribution in [3.8, 4) is 0 Å². The van der Waals surface area contributed by atoms with E-state index in [1.54, 1.807) is 0 Å². The molecule has 0 saturated heterocycles. The van der Waals surface area contributed by atoms with Gasteiger partial charge in [-0.3, -0.25) is 4.79 Å². The molecule has 4 aliphatic carbocycles. The van der Waals surface area contributed by atoms with Gasteiger partial charge in [-0.05, 0) is 118 Å². The van der Waals surface area contributed by atoms with Crippen LogP contribution in [0.1, 0.15) is 99.3 Å². The van der Waals surface area contributed by atoms with Crippen LogP contribution in [-0.4, -0.2) is 47.2 Å². The second kappa shape index (κ2) is 10.0. The van der Waals surface area contributed by atoms with E-state index in [0.717, 1.165) is 45.1 Å². The summed E-state index contributed by atoms with van der Waals surface area (Å²) < 4.78 is 12.8. The SMILES string of the molecule is CCOC1CC2CC(OC(C)C)CCC2(C)C2CC(O)C3(C)C(C(C)CCC(=O)O)CCC3C12. The normalized spacial score (nSPS) is 47.1. The van der Waals surface area contributed by atoms with E-state index in [1.807, 2.05) is 0 Å². The highest BCUT2D eigenvalue weighted by Gasteiger charge is 2.66. The van der Waals surface area contributed by atoms with E-state index in [-0.39, 0.29) is 35.6 Å². The molecule has 4 rings (SSSR count). The number of aliphatic carboxylic acids is 1. The van der Waals surface area contributed by atoms with Gasteiger partial charge in [-0.15, -0.1) is 0 Å². The second-order valence-corrected chi connectivity index (χ2v) is 13.0. The first-order valence-corrected chi connectivity index (χ1v) is 14.2. The fraction of sp³-hybridized carbons (Fsp3) is 0.966. The number of ether oxygens (including phenoxy) is 2. The van der Waals surface area contributed by atoms with Gasteiger partial charge in [0.25, 0.3) is 0 Å². The number of carboxylic acid groups (broad SMARTS) is 1. The van der Waals surface area contributed by atoms with Crippen molar-refractivity contribution in [2.45, 2.75) is 124 Å². The fourth-order valence-electron chi connectivity index (χ4n) is 9.54. The largest absolute Gasteiger partial charge is 0.481 e. The second-order valence-electron chi connectivity index (χ2n) is 13.0. The Bertz CT molecular complexity index is 723. The van der Waals surface area contributed by atoms with Crippen molar-refractivity contribution in [2.75, 3.05) is 6.61 Å². The number of carbonyl (C=O) groups is 1. The van der Waals surface area contributed by atoms with Gasteiger partial charge in [0.1, 0.15) is 0 Å². The summed E-state index contributed by atoms with van der Waals surface area (Å²) in [5, 5.41) is 21.0. The number of aliphatic hydroxyl groups is 1. The fourth-order valence-corrected chi connectivity index (χ4v) is 9.54. The maximum Gasteiger partial charge on any atom is 0.303 e. The number of carboxylic acids is 1. The minimum absolute atomic E-state index is 0.143. The molecule has 0 amide bonds. The molecule has 0 radical (unpaired) electrons. The average molecular weight is 479 g/mol. The molecule has 5 heteroatoms. The summed E-state index contributed by atoms with van der Waals surface area (Å²) in [5.41, 5.74) is 0.0972. The van der Waals surface area contributed by atoms with E-state index < -0.39 is 5.97 Å². The molecule has 5 nitrogen and oxygen atoms in total. The van der Waals surface area contributed by atoms with Gasteiger partial charge < -0.3 is 19.7 Å². The Morgan fingerprint density at radius 2 is 1.79 bits per heavy atom. The standard InChI is InChI=1S/C29H50O5/c1-7-33-24-15-19-14-20(34-17(2)3)12-13-28(19,5)23-16-25(30)29(6)21(9-10-22(29)27(23)24)18(4)8-11-26(31)32/h17-25,27,30H,7-16H2,1-6H3,(H,31,32). The Morgan fingerprint density at radius 3 is 2.44 bits per heavy atom. The molecule has 0 aromatic heterocycles. The van der Waals surface area contributed by atoms with Crippen molar-refractivity contribution in [3.05, 3.63) is 0 Å². The molecular weight excluding hydrogens is 428 g/mol. The summed E-state index contributed by atoms with van der Waals surface area (Å²) in [4.78, 5) is 11.2. The van der Waals surface area contributed by atoms with Gasteiger partial charge in [-0.25, -0.2) is 0 Å². The number of fused-ring (bicyclic) bond motifs is 5. The molecule has 4 fully saturated rings. The van der Waals surface area contributed by atoms with Gasteiger partial charge in [0.2, 0.25) is 0 Å². The van der Waals surface area contributed by atoms with E-state index >= 15 is 0 Å². The molecule has 0 spiro atoms. The van der Waals surface area contributed by atoms with Gasteiger partial charge in [-0.2, -0.15) is 0 Å². The lowest BCUT2D eigenvalue weighted by molar-refractivity contribution is -0.219. The summed E-state index contributed by atoms with van der Waals surface area (Å²) in [6, 6.07) is 0. The van der Waals surface area contributed by atoms with Gasteiger partial charge in [0.15, 0.2) is 0 Å². The summed E-state index contributed by atoms with van der Waals surface area (Å²) in [7, 11) is 0. The predicted molar refractivity (Wildman–Crippen MR) is 133 cm³/mol. The molecule has 2 N–H and O–H groups in total. The monoisotopic (exact) mass is 478 g/mol. The molecule has 0 aromatic rings. The Hall–Kier alpha value is -0.650. The van der Waals surface area contributed by atoms with Crippen LogP contribution in [0.25, 0.3) is 0 Å². The van der Waals surface area contributed by atoms with Crippen LogP contribution in [0.2, 0.25) is 0 Å². The molecule has 4 aliphatic rings. The average Bonchev–Trinajstić information content (AvgIpc) is 3.12. The maximum atomic E-state index is 11.8. The molecule has 0 heterocycles. The minimum atomic E-state index is -0.712. The van der Waals surface area contributed by atoms with Gasteiger partial charge >= 0.3 is 5.97 Å². The topological polar surface area (TPSA) is 76.0 Å². The Balaban J connectivity index is 1.61. The molecule has 34 heavy (non-hydrogen) atoms. The Labute approximate surface area is 207 Å². The first kappa shape index (κ1) is 26.4. The highest BCUT2D eigenvalue weighted by molar-refractivity contribution is 5.66. The third-order valence-corrected chi connectivity index (χ3v) is 11.1. The van der Waals surface area contributed by atoms with E-state index in [4.69, 9.17) is 9.47 Å². The maximum absolute atomic E-state index is 11.8. The Kier molecular flexibility index (Phi) is 7.78. The smallest absolute Gasteiger partial charge is 0.303 e. The first-order chi connectivity index (χ1) is 16.0. The predicted octanol–water partition coefficient (Wildman–Crippen LogP) is 5.93. The van der Waals surface area contributed by atoms with Crippen molar-refractivity contribution < 1.29 is 24.5 Å². The van der Waals surface area contributed by atoms with Crippen LogP contribution in [-0.2, 0) is 14.3 Å². The van der Waals surface area contributed by atoms with Crippen molar-refractivity contribution in [2.24, 2.45) is 46.3 Å². The first-order valence-electron chi connectivity index (χ1n) is 14.2. The Morgan fingerprint density at radius 1 is 1.06 bits per heavy atom. The minimum Gasteiger partial charge on any atom is -0.481 e. The van der Waals surface area contributed by atoms with Crippen molar-refractivity contribution in [1.82, 2.24) is 0 Å². The van der Waals surface area contributed by atoms with Crippen LogP contribution < -0.4 is 0 Å². The van der Waals surface area contributed by atoms with Crippen LogP contribution >= 0.6 is 0 Å². The number of hydrogen-bond donors (Lipinski definition) is 2. The van der Waals surface area contributed by atoms with Crippen molar-refractivity contribution >= 4 is 5.97 Å². The van der Waals surface area contributed by atoms with Crippen LogP contribution in [0.4, 0.5) is 0 Å². The molecule has 11 atom stereocenters. The van der Waals surface area contributed by atoms with E-state index in [9.17, 15) is 15.0 Å². The van der Waals surface area contributed by atoms with E-state index in [0.29, 0.717) is 48.0 Å². The van der Waals surface area contributed by atoms with E-state index in [2.05, 4.69) is 41.5 Å². The molecule has 0 bridgehead atoms. The zero-order valence-corrected chi connectivity index (χ0v) is 22.5. The molecular formula is C29H50O5. The van der Waals surface area contributed by atoms with Crippen LogP contribution in [0.3, 0.4) is 0 Å². The third-order valence-electron chi connectivity index (χ3n) is 11.1. The lowest BCUT2D eigenvalue weighted by atomic mass is 9.43. The number of rotatable bonds is 8. The quantitative estimate of drug-likeness (QED) is 0.452. The molecule has 196 valence electrons.